The zero-order valence-corrected chi connectivity index (χ0v) is 17.3. The van der Waals surface area contributed by atoms with E-state index in [4.69, 9.17) is 9.47 Å². The first-order chi connectivity index (χ1) is 15.5. The van der Waals surface area contributed by atoms with Gasteiger partial charge >= 0.3 is 0 Å². The molecule has 0 aliphatic heterocycles. The van der Waals surface area contributed by atoms with Gasteiger partial charge in [-0.25, -0.2) is 8.78 Å². The molecule has 0 saturated carbocycles. The van der Waals surface area contributed by atoms with Crippen molar-refractivity contribution < 1.29 is 27.8 Å². The minimum atomic E-state index is -0.924. The van der Waals surface area contributed by atoms with Gasteiger partial charge in [0.05, 0.1) is 12.2 Å². The van der Waals surface area contributed by atoms with E-state index in [9.17, 15) is 18.4 Å². The van der Waals surface area contributed by atoms with Crippen LogP contribution in [0.25, 0.3) is 6.08 Å². The largest absolute Gasteiger partial charge is 0.490 e. The van der Waals surface area contributed by atoms with E-state index in [1.165, 1.54) is 12.2 Å². The lowest BCUT2D eigenvalue weighted by Gasteiger charge is -2.12. The standard InChI is InChI=1S/C25H21F2NO4/c1-2-31-24-14-17(8-12-22(29)20-11-10-18(26)15-21(20)27)9-13-23(24)32-16-25(30)28-19-6-4-3-5-7-19/h3-15H,2,16H2,1H3,(H,28,30)/b12-8+. The van der Waals surface area contributed by atoms with Crippen molar-refractivity contribution >= 4 is 23.5 Å². The van der Waals surface area contributed by atoms with Gasteiger partial charge in [-0.2, -0.15) is 0 Å². The highest BCUT2D eigenvalue weighted by molar-refractivity contribution is 6.07. The number of ether oxygens (including phenoxy) is 2. The van der Waals surface area contributed by atoms with Crippen LogP contribution in [0.1, 0.15) is 22.8 Å². The third-order valence-corrected chi connectivity index (χ3v) is 4.31. The molecule has 0 aliphatic rings. The maximum atomic E-state index is 13.8. The highest BCUT2D eigenvalue weighted by Crippen LogP contribution is 2.29. The van der Waals surface area contributed by atoms with Crippen LogP contribution >= 0.6 is 0 Å². The second-order valence-electron chi connectivity index (χ2n) is 6.66. The van der Waals surface area contributed by atoms with Crippen molar-refractivity contribution in [3.63, 3.8) is 0 Å². The van der Waals surface area contributed by atoms with Gasteiger partial charge in [-0.05, 0) is 55.0 Å². The number of benzene rings is 3. The molecule has 0 bridgehead atoms. The number of carbonyl (C=O) groups is 2. The van der Waals surface area contributed by atoms with Gasteiger partial charge in [0, 0.05) is 11.8 Å². The number of rotatable bonds is 9. The highest BCUT2D eigenvalue weighted by atomic mass is 19.1. The van der Waals surface area contributed by atoms with Crippen LogP contribution in [-0.4, -0.2) is 24.9 Å². The summed E-state index contributed by atoms with van der Waals surface area (Å²) in [5.74, 6) is -1.84. The number of allylic oxidation sites excluding steroid dienone is 1. The summed E-state index contributed by atoms with van der Waals surface area (Å²) in [4.78, 5) is 24.3. The van der Waals surface area contributed by atoms with E-state index in [1.807, 2.05) is 18.2 Å². The fourth-order valence-electron chi connectivity index (χ4n) is 2.83. The minimum absolute atomic E-state index is 0.216. The normalized spacial score (nSPS) is 10.7. The molecule has 0 aliphatic carbocycles. The number of anilines is 1. The molecule has 5 nitrogen and oxygen atoms in total. The van der Waals surface area contributed by atoms with Crippen LogP contribution in [-0.2, 0) is 4.79 Å². The third-order valence-electron chi connectivity index (χ3n) is 4.31. The van der Waals surface area contributed by atoms with E-state index in [1.54, 1.807) is 37.3 Å². The van der Waals surface area contributed by atoms with Crippen LogP contribution in [0.4, 0.5) is 14.5 Å². The number of halogens is 2. The number of nitrogens with one attached hydrogen (secondary N) is 1. The van der Waals surface area contributed by atoms with Gasteiger partial charge in [-0.1, -0.05) is 30.3 Å². The molecule has 0 saturated heterocycles. The van der Waals surface area contributed by atoms with Crippen LogP contribution in [0.2, 0.25) is 0 Å². The van der Waals surface area contributed by atoms with Gasteiger partial charge < -0.3 is 14.8 Å². The van der Waals surface area contributed by atoms with Gasteiger partial charge in [0.2, 0.25) is 0 Å². The lowest BCUT2D eigenvalue weighted by Crippen LogP contribution is -2.20. The Morgan fingerprint density at radius 2 is 1.72 bits per heavy atom. The van der Waals surface area contributed by atoms with E-state index in [0.717, 1.165) is 12.1 Å². The fraction of sp³-hybridized carbons (Fsp3) is 0.120. The maximum absolute atomic E-state index is 13.8. The Hall–Kier alpha value is -4.00. The summed E-state index contributed by atoms with van der Waals surface area (Å²) in [6, 6.07) is 16.7. The molecule has 0 spiro atoms. The van der Waals surface area contributed by atoms with E-state index >= 15 is 0 Å². The zero-order chi connectivity index (χ0) is 22.9. The average Bonchev–Trinajstić information content (AvgIpc) is 2.77. The van der Waals surface area contributed by atoms with Crippen molar-refractivity contribution in [2.24, 2.45) is 0 Å². The molecule has 0 fully saturated rings. The van der Waals surface area contributed by atoms with Crippen LogP contribution in [0.5, 0.6) is 11.5 Å². The first-order valence-corrected chi connectivity index (χ1v) is 9.88. The molecule has 1 amide bonds. The number of hydrogen-bond donors (Lipinski definition) is 1. The first-order valence-electron chi connectivity index (χ1n) is 9.88. The molecule has 7 heteroatoms. The van der Waals surface area contributed by atoms with Crippen molar-refractivity contribution in [1.29, 1.82) is 0 Å². The lowest BCUT2D eigenvalue weighted by molar-refractivity contribution is -0.118. The lowest BCUT2D eigenvalue weighted by atomic mass is 10.1. The van der Waals surface area contributed by atoms with Gasteiger partial charge in [0.15, 0.2) is 23.9 Å². The molecule has 0 radical (unpaired) electrons. The molecule has 1 N–H and O–H groups in total. The first kappa shape index (κ1) is 22.7. The molecule has 0 atom stereocenters. The summed E-state index contributed by atoms with van der Waals surface area (Å²) < 4.78 is 37.9. The smallest absolute Gasteiger partial charge is 0.262 e. The number of amides is 1. The molecule has 32 heavy (non-hydrogen) atoms. The molecule has 3 rings (SSSR count). The Bertz CT molecular complexity index is 1130. The van der Waals surface area contributed by atoms with Crippen molar-refractivity contribution in [3.8, 4) is 11.5 Å². The quantitative estimate of drug-likeness (QED) is 0.366. The Morgan fingerprint density at radius 1 is 0.938 bits per heavy atom. The maximum Gasteiger partial charge on any atom is 0.262 e. The second-order valence-corrected chi connectivity index (χ2v) is 6.66. The van der Waals surface area contributed by atoms with Gasteiger partial charge in [0.1, 0.15) is 11.6 Å². The molecule has 0 heterocycles. The third kappa shape index (κ3) is 6.25. The Balaban J connectivity index is 1.67. The topological polar surface area (TPSA) is 64.6 Å². The molecular weight excluding hydrogens is 416 g/mol. The monoisotopic (exact) mass is 437 g/mol. The predicted molar refractivity (Wildman–Crippen MR) is 118 cm³/mol. The SMILES string of the molecule is CCOc1cc(/C=C/C(=O)c2ccc(F)cc2F)ccc1OCC(=O)Nc1ccccc1. The van der Waals surface area contributed by atoms with Gasteiger partial charge in [-0.3, -0.25) is 9.59 Å². The molecule has 164 valence electrons. The van der Waals surface area contributed by atoms with Crippen LogP contribution in [0.15, 0.2) is 72.8 Å². The summed E-state index contributed by atoms with van der Waals surface area (Å²) in [5, 5.41) is 2.72. The van der Waals surface area contributed by atoms with Crippen LogP contribution in [0, 0.1) is 11.6 Å². The fourth-order valence-corrected chi connectivity index (χ4v) is 2.83. The molecular formula is C25H21F2NO4. The molecule has 0 aromatic heterocycles. The van der Waals surface area contributed by atoms with E-state index < -0.39 is 17.4 Å². The van der Waals surface area contributed by atoms with E-state index in [-0.39, 0.29) is 18.1 Å². The Labute approximate surface area is 184 Å². The zero-order valence-electron chi connectivity index (χ0n) is 17.3. The van der Waals surface area contributed by atoms with Crippen LogP contribution < -0.4 is 14.8 Å². The van der Waals surface area contributed by atoms with Gasteiger partial charge in [-0.15, -0.1) is 0 Å². The minimum Gasteiger partial charge on any atom is -0.490 e. The van der Waals surface area contributed by atoms with E-state index in [2.05, 4.69) is 5.32 Å². The Morgan fingerprint density at radius 3 is 2.44 bits per heavy atom. The van der Waals surface area contributed by atoms with E-state index in [0.29, 0.717) is 35.4 Å². The summed E-state index contributed by atoms with van der Waals surface area (Å²) in [6.45, 7) is 1.95. The molecule has 3 aromatic carbocycles. The highest BCUT2D eigenvalue weighted by Gasteiger charge is 2.11. The number of carbonyl (C=O) groups excluding carboxylic acids is 2. The Kier molecular flexibility index (Phi) is 7.70. The van der Waals surface area contributed by atoms with Crippen molar-refractivity contribution in [3.05, 3.63) is 95.6 Å². The number of para-hydroxylation sites is 1. The van der Waals surface area contributed by atoms with Crippen molar-refractivity contribution in [2.75, 3.05) is 18.5 Å². The second kappa shape index (κ2) is 10.9. The summed E-state index contributed by atoms with van der Waals surface area (Å²) in [6.07, 6.45) is 2.68. The summed E-state index contributed by atoms with van der Waals surface area (Å²) >= 11 is 0. The van der Waals surface area contributed by atoms with Crippen molar-refractivity contribution in [1.82, 2.24) is 0 Å². The number of ketones is 1. The van der Waals surface area contributed by atoms with Crippen LogP contribution in [0.3, 0.4) is 0 Å². The molecule has 0 unspecified atom stereocenters. The average molecular weight is 437 g/mol. The van der Waals surface area contributed by atoms with Crippen molar-refractivity contribution in [2.45, 2.75) is 6.92 Å². The molecule has 3 aromatic rings. The van der Waals surface area contributed by atoms with Gasteiger partial charge in [0.25, 0.3) is 5.91 Å². The summed E-state index contributed by atoms with van der Waals surface area (Å²) in [7, 11) is 0. The number of hydrogen-bond acceptors (Lipinski definition) is 4. The summed E-state index contributed by atoms with van der Waals surface area (Å²) in [5.41, 5.74) is 1.04. The predicted octanol–water partition coefficient (Wildman–Crippen LogP) is 5.28.